The lowest BCUT2D eigenvalue weighted by molar-refractivity contribution is -0.142. The van der Waals surface area contributed by atoms with Gasteiger partial charge in [-0.3, -0.25) is 4.99 Å². The molecule has 0 N–H and O–H groups in total. The SMILES string of the molecule is COC(=O)COc1ccc(C=Nc2ccccc2)cc1. The number of benzene rings is 2. The molecule has 0 aromatic heterocycles. The van der Waals surface area contributed by atoms with E-state index in [0.29, 0.717) is 5.75 Å². The number of aliphatic imine (C=N–C) groups is 1. The van der Waals surface area contributed by atoms with Crippen LogP contribution in [-0.2, 0) is 9.53 Å². The Bertz CT molecular complexity index is 576. The number of para-hydroxylation sites is 1. The normalized spacial score (nSPS) is 10.4. The van der Waals surface area contributed by atoms with Crippen LogP contribution < -0.4 is 4.74 Å². The summed E-state index contributed by atoms with van der Waals surface area (Å²) in [5, 5.41) is 0. The predicted octanol–water partition coefficient (Wildman–Crippen LogP) is 2.99. The standard InChI is InChI=1S/C16H15NO3/c1-19-16(18)12-20-15-9-7-13(8-10-15)11-17-14-5-3-2-4-6-14/h2-11H,12H2,1H3. The van der Waals surface area contributed by atoms with Crippen LogP contribution in [0, 0.1) is 0 Å². The van der Waals surface area contributed by atoms with Crippen molar-refractivity contribution in [3.63, 3.8) is 0 Å². The van der Waals surface area contributed by atoms with Gasteiger partial charge in [0.05, 0.1) is 12.8 Å². The van der Waals surface area contributed by atoms with E-state index in [9.17, 15) is 4.79 Å². The molecule has 2 rings (SSSR count). The summed E-state index contributed by atoms with van der Waals surface area (Å²) < 4.78 is 9.76. The van der Waals surface area contributed by atoms with Gasteiger partial charge in [-0.2, -0.15) is 0 Å². The van der Waals surface area contributed by atoms with Crippen molar-refractivity contribution in [1.82, 2.24) is 0 Å². The molecule has 0 saturated carbocycles. The Balaban J connectivity index is 1.95. The summed E-state index contributed by atoms with van der Waals surface area (Å²) in [7, 11) is 1.33. The summed E-state index contributed by atoms with van der Waals surface area (Å²) in [5.41, 5.74) is 1.86. The van der Waals surface area contributed by atoms with Gasteiger partial charge in [-0.25, -0.2) is 4.79 Å². The van der Waals surface area contributed by atoms with Crippen molar-refractivity contribution < 1.29 is 14.3 Å². The van der Waals surface area contributed by atoms with Crippen molar-refractivity contribution in [3.05, 3.63) is 60.2 Å². The molecular weight excluding hydrogens is 254 g/mol. The molecule has 0 aliphatic heterocycles. The number of nitrogens with zero attached hydrogens (tertiary/aromatic N) is 1. The third-order valence-corrected chi connectivity index (χ3v) is 2.58. The number of esters is 1. The zero-order chi connectivity index (χ0) is 14.2. The molecule has 102 valence electrons. The van der Waals surface area contributed by atoms with Crippen molar-refractivity contribution in [3.8, 4) is 5.75 Å². The number of ether oxygens (including phenoxy) is 2. The minimum absolute atomic E-state index is 0.0893. The van der Waals surface area contributed by atoms with Crippen LogP contribution in [0.3, 0.4) is 0 Å². The molecule has 4 heteroatoms. The Morgan fingerprint density at radius 1 is 1.10 bits per heavy atom. The molecule has 0 aliphatic carbocycles. The van der Waals surface area contributed by atoms with Crippen LogP contribution in [0.4, 0.5) is 5.69 Å². The van der Waals surface area contributed by atoms with E-state index in [1.807, 2.05) is 42.5 Å². The van der Waals surface area contributed by atoms with Gasteiger partial charge in [-0.05, 0) is 42.0 Å². The van der Waals surface area contributed by atoms with E-state index in [1.165, 1.54) is 7.11 Å². The largest absolute Gasteiger partial charge is 0.482 e. The predicted molar refractivity (Wildman–Crippen MR) is 77.6 cm³/mol. The minimum atomic E-state index is -0.403. The monoisotopic (exact) mass is 269 g/mol. The molecule has 0 heterocycles. The molecule has 2 aromatic carbocycles. The fourth-order valence-electron chi connectivity index (χ4n) is 1.51. The molecule has 0 atom stereocenters. The zero-order valence-electron chi connectivity index (χ0n) is 11.2. The van der Waals surface area contributed by atoms with Gasteiger partial charge in [-0.15, -0.1) is 0 Å². The smallest absolute Gasteiger partial charge is 0.343 e. The number of carbonyl (C=O) groups excluding carboxylic acids is 1. The molecule has 0 aliphatic rings. The molecule has 0 fully saturated rings. The van der Waals surface area contributed by atoms with Crippen LogP contribution in [0.25, 0.3) is 0 Å². The number of hydrogen-bond acceptors (Lipinski definition) is 4. The molecular formula is C16H15NO3. The van der Waals surface area contributed by atoms with Crippen molar-refractivity contribution in [2.45, 2.75) is 0 Å². The quantitative estimate of drug-likeness (QED) is 0.619. The van der Waals surface area contributed by atoms with Crippen molar-refractivity contribution in [1.29, 1.82) is 0 Å². The third kappa shape index (κ3) is 4.24. The Kier molecular flexibility index (Phi) is 4.89. The average Bonchev–Trinajstić information content (AvgIpc) is 2.52. The van der Waals surface area contributed by atoms with E-state index in [2.05, 4.69) is 9.73 Å². The van der Waals surface area contributed by atoms with Crippen molar-refractivity contribution in [2.24, 2.45) is 4.99 Å². The van der Waals surface area contributed by atoms with Crippen molar-refractivity contribution in [2.75, 3.05) is 13.7 Å². The summed E-state index contributed by atoms with van der Waals surface area (Å²) in [5.74, 6) is 0.215. The van der Waals surface area contributed by atoms with Crippen LogP contribution in [0.15, 0.2) is 59.6 Å². The maximum atomic E-state index is 10.9. The number of hydrogen-bond donors (Lipinski definition) is 0. The lowest BCUT2D eigenvalue weighted by Gasteiger charge is -2.04. The summed E-state index contributed by atoms with van der Waals surface area (Å²) in [6, 6.07) is 17.0. The topological polar surface area (TPSA) is 47.9 Å². The highest BCUT2D eigenvalue weighted by Gasteiger charge is 2.01. The summed E-state index contributed by atoms with van der Waals surface area (Å²) >= 11 is 0. The second-order valence-electron chi connectivity index (χ2n) is 4.03. The molecule has 4 nitrogen and oxygen atoms in total. The highest BCUT2D eigenvalue weighted by molar-refractivity contribution is 5.82. The fraction of sp³-hybridized carbons (Fsp3) is 0.125. The van der Waals surface area contributed by atoms with E-state index in [-0.39, 0.29) is 6.61 Å². The van der Waals surface area contributed by atoms with Gasteiger partial charge in [0.2, 0.25) is 0 Å². The second-order valence-corrected chi connectivity index (χ2v) is 4.03. The lowest BCUT2D eigenvalue weighted by Crippen LogP contribution is -2.12. The van der Waals surface area contributed by atoms with Crippen LogP contribution in [-0.4, -0.2) is 25.9 Å². The van der Waals surface area contributed by atoms with E-state index >= 15 is 0 Å². The van der Waals surface area contributed by atoms with Gasteiger partial charge in [0, 0.05) is 6.21 Å². The molecule has 0 radical (unpaired) electrons. The highest BCUT2D eigenvalue weighted by Crippen LogP contribution is 2.13. The lowest BCUT2D eigenvalue weighted by atomic mass is 10.2. The number of rotatable bonds is 5. The first-order valence-corrected chi connectivity index (χ1v) is 6.17. The van der Waals surface area contributed by atoms with E-state index < -0.39 is 5.97 Å². The molecule has 0 bridgehead atoms. The maximum absolute atomic E-state index is 10.9. The van der Waals surface area contributed by atoms with Gasteiger partial charge in [0.15, 0.2) is 6.61 Å². The Morgan fingerprint density at radius 2 is 1.80 bits per heavy atom. The second kappa shape index (κ2) is 7.09. The highest BCUT2D eigenvalue weighted by atomic mass is 16.6. The molecule has 0 amide bonds. The zero-order valence-corrected chi connectivity index (χ0v) is 11.2. The number of carbonyl (C=O) groups is 1. The first-order chi connectivity index (χ1) is 9.78. The van der Waals surface area contributed by atoms with Gasteiger partial charge < -0.3 is 9.47 Å². The van der Waals surface area contributed by atoms with Gasteiger partial charge >= 0.3 is 5.97 Å². The van der Waals surface area contributed by atoms with E-state index in [1.54, 1.807) is 18.3 Å². The van der Waals surface area contributed by atoms with Crippen LogP contribution in [0.5, 0.6) is 5.75 Å². The number of methoxy groups -OCH3 is 1. The third-order valence-electron chi connectivity index (χ3n) is 2.58. The average molecular weight is 269 g/mol. The molecule has 20 heavy (non-hydrogen) atoms. The van der Waals surface area contributed by atoms with E-state index in [4.69, 9.17) is 4.74 Å². The Morgan fingerprint density at radius 3 is 2.45 bits per heavy atom. The van der Waals surface area contributed by atoms with Crippen molar-refractivity contribution >= 4 is 17.9 Å². The molecule has 0 unspecified atom stereocenters. The van der Waals surface area contributed by atoms with Gasteiger partial charge in [0.1, 0.15) is 5.75 Å². The summed E-state index contributed by atoms with van der Waals surface area (Å²) in [4.78, 5) is 15.3. The molecule has 0 saturated heterocycles. The summed E-state index contributed by atoms with van der Waals surface area (Å²) in [6.07, 6.45) is 1.78. The van der Waals surface area contributed by atoms with Crippen LogP contribution in [0.2, 0.25) is 0 Å². The van der Waals surface area contributed by atoms with E-state index in [0.717, 1.165) is 11.3 Å². The Hall–Kier alpha value is -2.62. The maximum Gasteiger partial charge on any atom is 0.343 e. The van der Waals surface area contributed by atoms with Gasteiger partial charge in [0.25, 0.3) is 0 Å². The Labute approximate surface area is 117 Å². The molecule has 2 aromatic rings. The first-order valence-electron chi connectivity index (χ1n) is 6.17. The summed E-state index contributed by atoms with van der Waals surface area (Å²) in [6.45, 7) is -0.0893. The van der Waals surface area contributed by atoms with Crippen LogP contribution in [0.1, 0.15) is 5.56 Å². The molecule has 0 spiro atoms. The minimum Gasteiger partial charge on any atom is -0.482 e. The van der Waals surface area contributed by atoms with Gasteiger partial charge in [-0.1, -0.05) is 18.2 Å². The fourth-order valence-corrected chi connectivity index (χ4v) is 1.51. The first kappa shape index (κ1) is 13.8. The van der Waals surface area contributed by atoms with Crippen LogP contribution >= 0.6 is 0 Å².